The van der Waals surface area contributed by atoms with Gasteiger partial charge in [0.2, 0.25) is 0 Å². The third-order valence-electron chi connectivity index (χ3n) is 3.52. The molecule has 0 spiro atoms. The summed E-state index contributed by atoms with van der Waals surface area (Å²) < 4.78 is 16.1. The van der Waals surface area contributed by atoms with Crippen LogP contribution in [-0.4, -0.2) is 44.4 Å². The van der Waals surface area contributed by atoms with Crippen molar-refractivity contribution >= 4 is 36.2 Å². The van der Waals surface area contributed by atoms with E-state index in [0.29, 0.717) is 0 Å². The zero-order valence-electron chi connectivity index (χ0n) is 14.0. The summed E-state index contributed by atoms with van der Waals surface area (Å²) in [5.74, 6) is -1.06. The number of rotatable bonds is 7. The summed E-state index contributed by atoms with van der Waals surface area (Å²) >= 11 is 3.22. The maximum absolute atomic E-state index is 12.1. The molecule has 124 valence electrons. The molecule has 0 aromatic rings. The zero-order chi connectivity index (χ0) is 16.8. The summed E-state index contributed by atoms with van der Waals surface area (Å²) in [6, 6.07) is 0. The van der Waals surface area contributed by atoms with Gasteiger partial charge in [-0.2, -0.15) is 0 Å². The van der Waals surface area contributed by atoms with Gasteiger partial charge in [0, 0.05) is 0 Å². The first kappa shape index (κ1) is 20.6. The van der Waals surface area contributed by atoms with E-state index in [-0.39, 0.29) is 18.3 Å². The van der Waals surface area contributed by atoms with Crippen molar-refractivity contribution in [3.63, 3.8) is 0 Å². The number of esters is 2. The van der Waals surface area contributed by atoms with E-state index in [9.17, 15) is 9.59 Å². The Morgan fingerprint density at radius 3 is 1.86 bits per heavy atom. The van der Waals surface area contributed by atoms with Crippen molar-refractivity contribution in [1.82, 2.24) is 0 Å². The topological polar surface area (TPSA) is 61.8 Å². The molecular formula is C14H27BrO5Si. The molecule has 0 aromatic carbocycles. The maximum Gasteiger partial charge on any atom is 0.335 e. The van der Waals surface area contributed by atoms with E-state index in [4.69, 9.17) is 13.9 Å². The minimum atomic E-state index is -2.23. The molecule has 0 bridgehead atoms. The first-order valence-electron chi connectivity index (χ1n) is 7.13. The second-order valence-electron chi connectivity index (χ2n) is 6.20. The van der Waals surface area contributed by atoms with Crippen molar-refractivity contribution in [2.45, 2.75) is 63.7 Å². The van der Waals surface area contributed by atoms with Gasteiger partial charge in [-0.3, -0.25) is 4.79 Å². The minimum absolute atomic E-state index is 0.0842. The number of hydrogen-bond acceptors (Lipinski definition) is 5. The maximum atomic E-state index is 12.1. The Hall–Kier alpha value is -0.403. The van der Waals surface area contributed by atoms with Crippen molar-refractivity contribution in [2.24, 2.45) is 0 Å². The van der Waals surface area contributed by atoms with Gasteiger partial charge in [-0.05, 0) is 32.0 Å². The highest BCUT2D eigenvalue weighted by Crippen LogP contribution is 2.38. The van der Waals surface area contributed by atoms with Gasteiger partial charge in [0.25, 0.3) is 0 Å². The molecule has 0 rings (SSSR count). The number of alkyl halides is 1. The lowest BCUT2D eigenvalue weighted by molar-refractivity contribution is -0.157. The van der Waals surface area contributed by atoms with Crippen molar-refractivity contribution in [1.29, 1.82) is 0 Å². The summed E-state index contributed by atoms with van der Waals surface area (Å²) in [6.07, 6.45) is -0.995. The third-order valence-corrected chi connectivity index (χ3v) is 8.83. The van der Waals surface area contributed by atoms with Crippen LogP contribution < -0.4 is 0 Å². The summed E-state index contributed by atoms with van der Waals surface area (Å²) in [4.78, 5) is 23.2. The van der Waals surface area contributed by atoms with Crippen LogP contribution in [0.4, 0.5) is 0 Å². The van der Waals surface area contributed by atoms with Crippen molar-refractivity contribution in [3.05, 3.63) is 0 Å². The number of carbonyl (C=O) groups excluding carboxylic acids is 2. The Kier molecular flexibility index (Phi) is 8.13. The van der Waals surface area contributed by atoms with Crippen molar-refractivity contribution in [2.75, 3.05) is 13.2 Å². The zero-order valence-corrected chi connectivity index (χ0v) is 16.6. The molecule has 21 heavy (non-hydrogen) atoms. The smallest absolute Gasteiger partial charge is 0.335 e. The minimum Gasteiger partial charge on any atom is -0.465 e. The lowest BCUT2D eigenvalue weighted by Gasteiger charge is -2.39. The molecule has 0 aliphatic heterocycles. The molecule has 0 N–H and O–H groups in total. The molecule has 7 heteroatoms. The van der Waals surface area contributed by atoms with Gasteiger partial charge in [0.05, 0.1) is 13.2 Å². The lowest BCUT2D eigenvalue weighted by Crippen LogP contribution is -2.51. The van der Waals surface area contributed by atoms with E-state index in [1.54, 1.807) is 13.8 Å². The SMILES string of the molecule is CCOC(=O)[C@@H](Br)[C@@H](O[Si](C)(C)C(C)(C)C)C(=O)OCC. The summed E-state index contributed by atoms with van der Waals surface area (Å²) in [7, 11) is -2.23. The van der Waals surface area contributed by atoms with Crippen LogP contribution in [0.15, 0.2) is 0 Å². The Bertz CT molecular complexity index is 365. The van der Waals surface area contributed by atoms with E-state index in [2.05, 4.69) is 36.7 Å². The fraction of sp³-hybridized carbons (Fsp3) is 0.857. The van der Waals surface area contributed by atoms with E-state index >= 15 is 0 Å². The first-order chi connectivity index (χ1) is 9.47. The molecular weight excluding hydrogens is 356 g/mol. The van der Waals surface area contributed by atoms with Gasteiger partial charge >= 0.3 is 11.9 Å². The first-order valence-corrected chi connectivity index (χ1v) is 11.0. The van der Waals surface area contributed by atoms with Crippen molar-refractivity contribution < 1.29 is 23.5 Å². The van der Waals surface area contributed by atoms with Gasteiger partial charge in [0.1, 0.15) is 4.83 Å². The second-order valence-corrected chi connectivity index (χ2v) is 11.9. The molecule has 0 aromatic heterocycles. The number of carbonyl (C=O) groups is 2. The van der Waals surface area contributed by atoms with Gasteiger partial charge in [0.15, 0.2) is 14.4 Å². The monoisotopic (exact) mass is 382 g/mol. The highest BCUT2D eigenvalue weighted by molar-refractivity contribution is 9.10. The lowest BCUT2D eigenvalue weighted by atomic mass is 10.2. The predicted octanol–water partition coefficient (Wildman–Crippen LogP) is 3.27. The quantitative estimate of drug-likeness (QED) is 0.384. The standard InChI is InChI=1S/C14H27BrO5Si/c1-8-18-12(16)10(15)11(13(17)19-9-2)20-21(6,7)14(3,4)5/h10-11H,8-9H2,1-7H3/t10-,11+/m0/s1. The molecule has 5 nitrogen and oxygen atoms in total. The Morgan fingerprint density at radius 2 is 1.48 bits per heavy atom. The van der Waals surface area contributed by atoms with Gasteiger partial charge < -0.3 is 13.9 Å². The molecule has 0 radical (unpaired) electrons. The largest absolute Gasteiger partial charge is 0.465 e. The van der Waals surface area contributed by atoms with Crippen LogP contribution in [0.5, 0.6) is 0 Å². The molecule has 0 heterocycles. The van der Waals surface area contributed by atoms with E-state index < -0.39 is 31.2 Å². The molecule has 0 unspecified atom stereocenters. The van der Waals surface area contributed by atoms with Crippen LogP contribution in [0.3, 0.4) is 0 Å². The average Bonchev–Trinajstić information content (AvgIpc) is 2.34. The Balaban J connectivity index is 5.25. The van der Waals surface area contributed by atoms with Crippen LogP contribution in [-0.2, 0) is 23.5 Å². The van der Waals surface area contributed by atoms with Gasteiger partial charge in [-0.1, -0.05) is 36.7 Å². The van der Waals surface area contributed by atoms with E-state index in [0.717, 1.165) is 0 Å². The van der Waals surface area contributed by atoms with Crippen molar-refractivity contribution in [3.8, 4) is 0 Å². The fourth-order valence-corrected chi connectivity index (χ4v) is 3.17. The van der Waals surface area contributed by atoms with Crippen LogP contribution in [0.25, 0.3) is 0 Å². The summed E-state index contributed by atoms with van der Waals surface area (Å²) in [5, 5.41) is -0.0842. The second kappa shape index (κ2) is 8.29. The van der Waals surface area contributed by atoms with Gasteiger partial charge in [-0.15, -0.1) is 0 Å². The third kappa shape index (κ3) is 6.08. The molecule has 0 fully saturated rings. The molecule has 0 aliphatic carbocycles. The van der Waals surface area contributed by atoms with Gasteiger partial charge in [-0.25, -0.2) is 4.79 Å². The van der Waals surface area contributed by atoms with Crippen LogP contribution in [0.2, 0.25) is 18.1 Å². The number of halogens is 1. The number of hydrogen-bond donors (Lipinski definition) is 0. The summed E-state index contributed by atoms with van der Waals surface area (Å²) in [6.45, 7) is 14.1. The molecule has 0 saturated carbocycles. The fourth-order valence-electron chi connectivity index (χ4n) is 1.29. The average molecular weight is 383 g/mol. The predicted molar refractivity (Wildman–Crippen MR) is 88.1 cm³/mol. The summed E-state index contributed by atoms with van der Waals surface area (Å²) in [5.41, 5.74) is 0. The Labute approximate surface area is 137 Å². The molecule has 0 amide bonds. The van der Waals surface area contributed by atoms with Crippen LogP contribution in [0, 0.1) is 0 Å². The molecule has 0 aliphatic rings. The normalized spacial score (nSPS) is 15.2. The highest BCUT2D eigenvalue weighted by Gasteiger charge is 2.45. The van der Waals surface area contributed by atoms with E-state index in [1.165, 1.54) is 0 Å². The van der Waals surface area contributed by atoms with Crippen LogP contribution >= 0.6 is 15.9 Å². The molecule has 0 saturated heterocycles. The Morgan fingerprint density at radius 1 is 1.05 bits per heavy atom. The van der Waals surface area contributed by atoms with Crippen LogP contribution in [0.1, 0.15) is 34.6 Å². The van der Waals surface area contributed by atoms with E-state index in [1.807, 2.05) is 13.1 Å². The highest BCUT2D eigenvalue weighted by atomic mass is 79.9. The molecule has 2 atom stereocenters. The number of ether oxygens (including phenoxy) is 2.